The van der Waals surface area contributed by atoms with E-state index < -0.39 is 16.0 Å². The van der Waals surface area contributed by atoms with Crippen molar-refractivity contribution in [1.29, 1.82) is 0 Å². The number of aliphatic carboxylic acids is 1. The molecule has 0 aliphatic heterocycles. The number of carboxylic acid groups (broad SMARTS) is 1. The van der Waals surface area contributed by atoms with E-state index >= 15 is 0 Å². The molecule has 8 nitrogen and oxygen atoms in total. The van der Waals surface area contributed by atoms with Gasteiger partial charge >= 0.3 is 5.97 Å². The molecule has 0 saturated heterocycles. The Hall–Kier alpha value is -2.43. The number of hydrogen-bond acceptors (Lipinski definition) is 6. The summed E-state index contributed by atoms with van der Waals surface area (Å²) in [5.41, 5.74) is 1.16. The second-order valence-electron chi connectivity index (χ2n) is 6.43. The zero-order chi connectivity index (χ0) is 21.3. The van der Waals surface area contributed by atoms with Crippen LogP contribution in [0.1, 0.15) is 31.2 Å². The van der Waals surface area contributed by atoms with Crippen LogP contribution in [0.4, 0.5) is 5.13 Å². The van der Waals surface area contributed by atoms with Gasteiger partial charge in [-0.3, -0.25) is 9.59 Å². The molecule has 0 aliphatic rings. The van der Waals surface area contributed by atoms with E-state index in [1.54, 1.807) is 31.2 Å². The van der Waals surface area contributed by atoms with E-state index in [0.717, 1.165) is 11.3 Å². The zero-order valence-corrected chi connectivity index (χ0v) is 18.0. The van der Waals surface area contributed by atoms with Gasteiger partial charge in [-0.2, -0.15) is 8.42 Å². The molecule has 29 heavy (non-hydrogen) atoms. The van der Waals surface area contributed by atoms with E-state index in [9.17, 15) is 18.0 Å². The van der Waals surface area contributed by atoms with E-state index in [-0.39, 0.29) is 40.2 Å². The maximum absolute atomic E-state index is 13.5. The van der Waals surface area contributed by atoms with Gasteiger partial charge in [-0.1, -0.05) is 22.9 Å². The van der Waals surface area contributed by atoms with Crippen LogP contribution in [0.5, 0.6) is 0 Å². The lowest BCUT2D eigenvalue weighted by molar-refractivity contribution is -0.137. The normalized spacial score (nSPS) is 11.7. The number of carbonyl (C=O) groups excluding carboxylic acids is 1. The minimum absolute atomic E-state index is 0.00758. The van der Waals surface area contributed by atoms with E-state index in [1.165, 1.54) is 10.9 Å². The fourth-order valence-corrected chi connectivity index (χ4v) is 6.28. The SMILES string of the molecule is CC(=O)Nc1nc(C)c(S(=O)(=O)n2c(CCCC(=O)O)cc3cc(Cl)ccc32)s1. The molecule has 11 heteroatoms. The highest BCUT2D eigenvalue weighted by molar-refractivity contribution is 7.92. The van der Waals surface area contributed by atoms with E-state index in [1.807, 2.05) is 0 Å². The average molecular weight is 456 g/mol. The van der Waals surface area contributed by atoms with E-state index in [4.69, 9.17) is 16.7 Å². The van der Waals surface area contributed by atoms with Gasteiger partial charge in [0.05, 0.1) is 11.2 Å². The minimum Gasteiger partial charge on any atom is -0.481 e. The average Bonchev–Trinajstić information content (AvgIpc) is 3.14. The number of thiazole rings is 1. The third kappa shape index (κ3) is 4.44. The summed E-state index contributed by atoms with van der Waals surface area (Å²) >= 11 is 6.92. The lowest BCUT2D eigenvalue weighted by atomic mass is 10.2. The fraction of sp³-hybridized carbons (Fsp3) is 0.278. The van der Waals surface area contributed by atoms with Crippen LogP contribution in [-0.4, -0.2) is 34.4 Å². The van der Waals surface area contributed by atoms with Crippen LogP contribution in [0, 0.1) is 6.92 Å². The largest absolute Gasteiger partial charge is 0.481 e. The Morgan fingerprint density at radius 1 is 1.31 bits per heavy atom. The molecular formula is C18H18ClN3O5S2. The summed E-state index contributed by atoms with van der Waals surface area (Å²) in [5.74, 6) is -1.30. The smallest absolute Gasteiger partial charge is 0.303 e. The van der Waals surface area contributed by atoms with Gasteiger partial charge in [-0.05, 0) is 44.0 Å². The highest BCUT2D eigenvalue weighted by atomic mass is 35.5. The van der Waals surface area contributed by atoms with Crippen molar-refractivity contribution in [3.05, 3.63) is 40.7 Å². The van der Waals surface area contributed by atoms with Crippen molar-refractivity contribution >= 4 is 60.9 Å². The number of rotatable bonds is 7. The predicted molar refractivity (Wildman–Crippen MR) is 111 cm³/mol. The number of benzene rings is 1. The van der Waals surface area contributed by atoms with Gasteiger partial charge in [0.1, 0.15) is 0 Å². The fourth-order valence-electron chi connectivity index (χ4n) is 3.01. The summed E-state index contributed by atoms with van der Waals surface area (Å²) in [6.45, 7) is 2.87. The Labute approximate surface area is 176 Å². The molecule has 0 radical (unpaired) electrons. The van der Waals surface area contributed by atoms with Crippen molar-refractivity contribution in [3.8, 4) is 0 Å². The summed E-state index contributed by atoms with van der Waals surface area (Å²) in [7, 11) is -4.03. The maximum atomic E-state index is 13.5. The van der Waals surface area contributed by atoms with Gasteiger partial charge in [0.25, 0.3) is 10.0 Å². The molecule has 2 N–H and O–H groups in total. The summed E-state index contributed by atoms with van der Waals surface area (Å²) in [6, 6.07) is 6.57. The molecule has 0 bridgehead atoms. The van der Waals surface area contributed by atoms with Crippen LogP contribution < -0.4 is 5.32 Å². The predicted octanol–water partition coefficient (Wildman–Crippen LogP) is 3.66. The van der Waals surface area contributed by atoms with Crippen molar-refractivity contribution in [2.45, 2.75) is 37.3 Å². The lowest BCUT2D eigenvalue weighted by Gasteiger charge is -2.11. The molecule has 2 heterocycles. The Morgan fingerprint density at radius 3 is 2.69 bits per heavy atom. The first-order chi connectivity index (χ1) is 13.6. The number of fused-ring (bicyclic) bond motifs is 1. The summed E-state index contributed by atoms with van der Waals surface area (Å²) in [6.07, 6.45) is 0.469. The van der Waals surface area contributed by atoms with Crippen LogP contribution in [0.2, 0.25) is 5.02 Å². The standard InChI is InChI=1S/C18H18ClN3O5S2/c1-10-17(28-18(20-10)21-11(2)23)29(26,27)22-14(4-3-5-16(24)25)9-12-8-13(19)6-7-15(12)22/h6-9H,3-5H2,1-2H3,(H,24,25)(H,20,21,23). The van der Waals surface area contributed by atoms with Gasteiger partial charge in [0.15, 0.2) is 9.34 Å². The minimum atomic E-state index is -4.03. The number of carbonyl (C=O) groups is 2. The van der Waals surface area contributed by atoms with Crippen LogP contribution in [0.15, 0.2) is 28.5 Å². The topological polar surface area (TPSA) is 118 Å². The van der Waals surface area contributed by atoms with Crippen LogP contribution in [-0.2, 0) is 26.0 Å². The number of anilines is 1. The molecule has 0 fully saturated rings. The third-order valence-corrected chi connectivity index (χ3v) is 7.79. The van der Waals surface area contributed by atoms with Gasteiger partial charge in [0, 0.05) is 29.4 Å². The van der Waals surface area contributed by atoms with Crippen molar-refractivity contribution in [2.24, 2.45) is 0 Å². The third-order valence-electron chi connectivity index (χ3n) is 4.13. The van der Waals surface area contributed by atoms with E-state index in [0.29, 0.717) is 21.6 Å². The second-order valence-corrected chi connectivity index (χ2v) is 9.85. The molecule has 2 aromatic heterocycles. The first-order valence-corrected chi connectivity index (χ1v) is 11.3. The quantitative estimate of drug-likeness (QED) is 0.561. The molecule has 154 valence electrons. The van der Waals surface area contributed by atoms with Crippen molar-refractivity contribution in [1.82, 2.24) is 8.96 Å². The number of nitrogens with zero attached hydrogens (tertiary/aromatic N) is 2. The Kier molecular flexibility index (Phi) is 5.97. The monoisotopic (exact) mass is 455 g/mol. The lowest BCUT2D eigenvalue weighted by Crippen LogP contribution is -2.16. The molecule has 1 aromatic carbocycles. The molecule has 0 saturated carbocycles. The van der Waals surface area contributed by atoms with Crippen molar-refractivity contribution in [3.63, 3.8) is 0 Å². The van der Waals surface area contributed by atoms with Gasteiger partial charge in [0.2, 0.25) is 5.91 Å². The summed E-state index contributed by atoms with van der Waals surface area (Å²) in [4.78, 5) is 26.3. The molecule has 3 aromatic rings. The van der Waals surface area contributed by atoms with Gasteiger partial charge < -0.3 is 10.4 Å². The number of aryl methyl sites for hydroxylation is 2. The molecular weight excluding hydrogens is 438 g/mol. The molecule has 0 unspecified atom stereocenters. The number of hydrogen-bond donors (Lipinski definition) is 2. The molecule has 0 aliphatic carbocycles. The first kappa shape index (κ1) is 21.3. The Morgan fingerprint density at radius 2 is 2.03 bits per heavy atom. The van der Waals surface area contributed by atoms with E-state index in [2.05, 4.69) is 10.3 Å². The second kappa shape index (κ2) is 8.13. The Balaban J connectivity index is 2.14. The summed E-state index contributed by atoms with van der Waals surface area (Å²) in [5, 5.41) is 12.7. The zero-order valence-electron chi connectivity index (χ0n) is 15.6. The molecule has 0 spiro atoms. The number of amides is 1. The highest BCUT2D eigenvalue weighted by Crippen LogP contribution is 2.33. The molecule has 3 rings (SSSR count). The Bertz CT molecular complexity index is 1210. The molecule has 1 amide bonds. The van der Waals surface area contributed by atoms with Crippen molar-refractivity contribution < 1.29 is 23.1 Å². The number of nitrogens with one attached hydrogen (secondary N) is 1. The number of halogens is 1. The van der Waals surface area contributed by atoms with Crippen molar-refractivity contribution in [2.75, 3.05) is 5.32 Å². The van der Waals surface area contributed by atoms with Crippen LogP contribution in [0.3, 0.4) is 0 Å². The first-order valence-electron chi connectivity index (χ1n) is 8.62. The van der Waals surface area contributed by atoms with Gasteiger partial charge in [-0.15, -0.1) is 0 Å². The number of aromatic nitrogens is 2. The molecule has 0 atom stereocenters. The number of carboxylic acids is 1. The summed E-state index contributed by atoms with van der Waals surface area (Å²) < 4.78 is 28.2. The highest BCUT2D eigenvalue weighted by Gasteiger charge is 2.28. The maximum Gasteiger partial charge on any atom is 0.303 e. The van der Waals surface area contributed by atoms with Crippen LogP contribution in [0.25, 0.3) is 10.9 Å². The van der Waals surface area contributed by atoms with Crippen LogP contribution >= 0.6 is 22.9 Å². The van der Waals surface area contributed by atoms with Gasteiger partial charge in [-0.25, -0.2) is 8.96 Å².